The summed E-state index contributed by atoms with van der Waals surface area (Å²) in [6.45, 7) is 7.77. The molecular weight excluding hydrogens is 499 g/mol. The van der Waals surface area contributed by atoms with Gasteiger partial charge in [0.15, 0.2) is 11.6 Å². The van der Waals surface area contributed by atoms with Crippen molar-refractivity contribution in [2.75, 3.05) is 23.5 Å². The van der Waals surface area contributed by atoms with Crippen molar-refractivity contribution in [2.24, 2.45) is 0 Å². The molecule has 0 spiro atoms. The SMILES string of the molecule is CC(=N)c1c(N)nc(-c2ccc(NS(=O)(=O)c3ncc(F)cn3)cc2)nc1OC1CCN(C(C)C)CC1.[HH].[HH]. The quantitative estimate of drug-likeness (QED) is 0.291. The average molecular weight is 533 g/mol. The number of halogens is 1. The van der Waals surface area contributed by atoms with Crippen molar-refractivity contribution in [3.05, 3.63) is 48.0 Å². The summed E-state index contributed by atoms with van der Waals surface area (Å²) in [6.07, 6.45) is 3.17. The Hall–Kier alpha value is -3.71. The Morgan fingerprint density at radius 3 is 2.38 bits per heavy atom. The smallest absolute Gasteiger partial charge is 0.297 e. The Labute approximate surface area is 217 Å². The minimum Gasteiger partial charge on any atom is -0.474 e. The lowest BCUT2D eigenvalue weighted by atomic mass is 10.1. The van der Waals surface area contributed by atoms with Crippen molar-refractivity contribution >= 4 is 27.2 Å². The van der Waals surface area contributed by atoms with E-state index in [1.54, 1.807) is 19.1 Å². The standard InChI is InChI=1S/C24H29FN8O3S.2H2/c1-14(2)33-10-8-19(9-11-33)36-23-20(15(3)26)21(27)30-22(31-23)16-4-6-18(7-5-16)32-37(34,35)24-28-12-17(25)13-29-24;;/h4-7,12-14,19,26,32H,8-11H2,1-3H3,(H2,27,30,31);2*1H. The van der Waals surface area contributed by atoms with Gasteiger partial charge in [-0.15, -0.1) is 0 Å². The molecule has 200 valence electrons. The number of hydrogen-bond donors (Lipinski definition) is 3. The van der Waals surface area contributed by atoms with E-state index in [1.807, 2.05) is 0 Å². The first-order valence-electron chi connectivity index (χ1n) is 11.8. The maximum Gasteiger partial charge on any atom is 0.297 e. The molecule has 1 fully saturated rings. The molecule has 0 radical (unpaired) electrons. The molecule has 3 heterocycles. The second kappa shape index (κ2) is 10.7. The highest BCUT2D eigenvalue weighted by Gasteiger charge is 2.25. The molecule has 1 saturated heterocycles. The van der Waals surface area contributed by atoms with Crippen LogP contribution in [0.25, 0.3) is 11.4 Å². The van der Waals surface area contributed by atoms with Gasteiger partial charge in [0.25, 0.3) is 15.2 Å². The number of nitrogen functional groups attached to an aromatic ring is 1. The summed E-state index contributed by atoms with van der Waals surface area (Å²) in [7, 11) is -4.10. The molecular formula is C24H33FN8O3S. The van der Waals surface area contributed by atoms with Gasteiger partial charge in [0.2, 0.25) is 5.88 Å². The Balaban J connectivity index is 0.00000267. The zero-order chi connectivity index (χ0) is 26.7. The number of ether oxygens (including phenoxy) is 1. The summed E-state index contributed by atoms with van der Waals surface area (Å²) in [5.41, 5.74) is 7.57. The number of likely N-dealkylation sites (tertiary alicyclic amines) is 1. The van der Waals surface area contributed by atoms with Gasteiger partial charge in [-0.3, -0.25) is 4.72 Å². The maximum atomic E-state index is 13.0. The van der Waals surface area contributed by atoms with Crippen LogP contribution in [-0.2, 0) is 10.0 Å². The number of piperidine rings is 1. The van der Waals surface area contributed by atoms with Gasteiger partial charge in [-0.1, -0.05) is 0 Å². The lowest BCUT2D eigenvalue weighted by molar-refractivity contribution is 0.0812. The summed E-state index contributed by atoms with van der Waals surface area (Å²) >= 11 is 0. The highest BCUT2D eigenvalue weighted by atomic mass is 32.2. The molecule has 1 aliphatic rings. The fourth-order valence-corrected chi connectivity index (χ4v) is 4.94. The highest BCUT2D eigenvalue weighted by molar-refractivity contribution is 7.92. The van der Waals surface area contributed by atoms with Crippen LogP contribution in [0.3, 0.4) is 0 Å². The van der Waals surface area contributed by atoms with Gasteiger partial charge in [0.05, 0.1) is 18.0 Å². The molecule has 11 nitrogen and oxygen atoms in total. The molecule has 0 bridgehead atoms. The zero-order valence-corrected chi connectivity index (χ0v) is 21.6. The van der Waals surface area contributed by atoms with E-state index < -0.39 is 21.0 Å². The van der Waals surface area contributed by atoms with Crippen molar-refractivity contribution < 1.29 is 20.4 Å². The van der Waals surface area contributed by atoms with E-state index >= 15 is 0 Å². The van der Waals surface area contributed by atoms with Gasteiger partial charge in [-0.05, 0) is 57.9 Å². The second-order valence-electron chi connectivity index (χ2n) is 9.05. The lowest BCUT2D eigenvalue weighted by Gasteiger charge is -2.34. The van der Waals surface area contributed by atoms with Crippen LogP contribution < -0.4 is 15.2 Å². The van der Waals surface area contributed by atoms with E-state index in [-0.39, 0.29) is 37.9 Å². The van der Waals surface area contributed by atoms with Gasteiger partial charge >= 0.3 is 0 Å². The normalized spacial score (nSPS) is 15.1. The van der Waals surface area contributed by atoms with E-state index in [4.69, 9.17) is 15.9 Å². The number of aromatic nitrogens is 4. The number of benzene rings is 1. The van der Waals surface area contributed by atoms with Crippen molar-refractivity contribution in [1.82, 2.24) is 24.8 Å². The van der Waals surface area contributed by atoms with E-state index in [2.05, 4.69) is 43.4 Å². The Morgan fingerprint density at radius 2 is 1.81 bits per heavy atom. The van der Waals surface area contributed by atoms with Crippen LogP contribution in [0, 0.1) is 11.2 Å². The van der Waals surface area contributed by atoms with Gasteiger partial charge < -0.3 is 20.8 Å². The lowest BCUT2D eigenvalue weighted by Crippen LogP contribution is -2.42. The first-order chi connectivity index (χ1) is 17.5. The van der Waals surface area contributed by atoms with Crippen molar-refractivity contribution in [3.63, 3.8) is 0 Å². The number of rotatable bonds is 8. The van der Waals surface area contributed by atoms with Crippen molar-refractivity contribution in [3.8, 4) is 17.3 Å². The predicted molar refractivity (Wildman–Crippen MR) is 142 cm³/mol. The fraction of sp³-hybridized carbons (Fsp3) is 0.375. The first-order valence-corrected chi connectivity index (χ1v) is 13.3. The molecule has 4 N–H and O–H groups in total. The number of nitrogens with two attached hydrogens (primary N) is 1. The molecule has 37 heavy (non-hydrogen) atoms. The molecule has 0 atom stereocenters. The van der Waals surface area contributed by atoms with Gasteiger partial charge in [-0.25, -0.2) is 19.3 Å². The van der Waals surface area contributed by atoms with Crippen LogP contribution in [0.1, 0.15) is 42.0 Å². The molecule has 3 aromatic rings. The monoisotopic (exact) mass is 532 g/mol. The van der Waals surface area contributed by atoms with Crippen LogP contribution >= 0.6 is 0 Å². The topological polar surface area (TPSA) is 160 Å². The second-order valence-corrected chi connectivity index (χ2v) is 10.6. The predicted octanol–water partition coefficient (Wildman–Crippen LogP) is 3.59. The molecule has 4 rings (SSSR count). The van der Waals surface area contributed by atoms with Crippen LogP contribution in [-0.4, -0.2) is 64.2 Å². The summed E-state index contributed by atoms with van der Waals surface area (Å²) in [4.78, 5) is 18.3. The number of hydrogen-bond acceptors (Lipinski definition) is 10. The van der Waals surface area contributed by atoms with Gasteiger partial charge in [0.1, 0.15) is 11.9 Å². The number of sulfonamides is 1. The van der Waals surface area contributed by atoms with Crippen LogP contribution in [0.4, 0.5) is 15.9 Å². The Morgan fingerprint density at radius 1 is 1.19 bits per heavy atom. The number of nitrogens with one attached hydrogen (secondary N) is 2. The summed E-state index contributed by atoms with van der Waals surface area (Å²) < 4.78 is 46.5. The van der Waals surface area contributed by atoms with E-state index in [0.29, 0.717) is 17.2 Å². The molecule has 1 aromatic carbocycles. The molecule has 0 amide bonds. The molecule has 2 aromatic heterocycles. The Bertz CT molecular complexity index is 1390. The largest absolute Gasteiger partial charge is 0.474 e. The first kappa shape index (κ1) is 26.4. The third-order valence-corrected chi connectivity index (χ3v) is 7.19. The fourth-order valence-electron chi connectivity index (χ4n) is 4.02. The average Bonchev–Trinajstić information content (AvgIpc) is 2.84. The number of anilines is 2. The van der Waals surface area contributed by atoms with E-state index in [9.17, 15) is 12.8 Å². The van der Waals surface area contributed by atoms with Crippen LogP contribution in [0.5, 0.6) is 5.88 Å². The molecule has 0 saturated carbocycles. The van der Waals surface area contributed by atoms with Crippen molar-refractivity contribution in [1.29, 1.82) is 5.41 Å². The molecule has 1 aliphatic heterocycles. The highest BCUT2D eigenvalue weighted by Crippen LogP contribution is 2.29. The zero-order valence-electron chi connectivity index (χ0n) is 20.8. The van der Waals surface area contributed by atoms with Crippen LogP contribution in [0.15, 0.2) is 41.8 Å². The molecule has 0 aliphatic carbocycles. The maximum absolute atomic E-state index is 13.0. The third-order valence-electron chi connectivity index (χ3n) is 6.00. The molecule has 0 unspecified atom stereocenters. The summed E-state index contributed by atoms with van der Waals surface area (Å²) in [5, 5.41) is 7.60. The van der Waals surface area contributed by atoms with Crippen LogP contribution in [0.2, 0.25) is 0 Å². The van der Waals surface area contributed by atoms with Crippen molar-refractivity contribution in [2.45, 2.75) is 50.9 Å². The van der Waals surface area contributed by atoms with Gasteiger partial charge in [0, 0.05) is 38.9 Å². The van der Waals surface area contributed by atoms with Gasteiger partial charge in [-0.2, -0.15) is 13.4 Å². The summed E-state index contributed by atoms with van der Waals surface area (Å²) in [6, 6.07) is 6.76. The van der Waals surface area contributed by atoms with E-state index in [1.165, 1.54) is 12.1 Å². The molecule has 13 heteroatoms. The number of nitrogens with zero attached hydrogens (tertiary/aromatic N) is 5. The Kier molecular flexibility index (Phi) is 7.64. The minimum atomic E-state index is -4.10. The summed E-state index contributed by atoms with van der Waals surface area (Å²) in [5.74, 6) is -0.0637. The third kappa shape index (κ3) is 6.17. The minimum absolute atomic E-state index is 0. The van der Waals surface area contributed by atoms with E-state index in [0.717, 1.165) is 38.3 Å².